The molecule has 5 aromatic carbocycles. The minimum atomic E-state index is -0.211. The third kappa shape index (κ3) is 5.80. The number of hydrogen-bond acceptors (Lipinski definition) is 5. The fraction of sp³-hybridized carbons (Fsp3) is 0.162. The lowest BCUT2D eigenvalue weighted by Gasteiger charge is -2.26. The van der Waals surface area contributed by atoms with E-state index in [-0.39, 0.29) is 10.8 Å². The van der Waals surface area contributed by atoms with Crippen LogP contribution in [0, 0.1) is 11.3 Å². The van der Waals surface area contributed by atoms with E-state index in [1.54, 1.807) is 12.1 Å². The minimum Gasteiger partial charge on any atom is -0.456 e. The van der Waals surface area contributed by atoms with Gasteiger partial charge in [-0.3, -0.25) is 0 Å². The Kier molecular flexibility index (Phi) is 7.65. The molecule has 0 amide bonds. The fourth-order valence-corrected chi connectivity index (χ4v) is 5.06. The third-order valence-corrected chi connectivity index (χ3v) is 7.97. The summed E-state index contributed by atoms with van der Waals surface area (Å²) in [7, 11) is 0. The number of benzene rings is 5. The molecule has 0 saturated carbocycles. The van der Waals surface area contributed by atoms with Crippen molar-refractivity contribution in [1.29, 1.82) is 5.26 Å². The van der Waals surface area contributed by atoms with E-state index < -0.39 is 0 Å². The van der Waals surface area contributed by atoms with Crippen LogP contribution >= 0.6 is 0 Å². The predicted octanol–water partition coefficient (Wildman–Crippen LogP) is 8.96. The summed E-state index contributed by atoms with van der Waals surface area (Å²) in [6, 6.07) is 39.4. The minimum absolute atomic E-state index is 0.211. The van der Waals surface area contributed by atoms with Crippen LogP contribution < -0.4 is 20.9 Å². The van der Waals surface area contributed by atoms with E-state index in [1.807, 2.05) is 78.9 Å². The zero-order valence-electron chi connectivity index (χ0n) is 24.4. The highest BCUT2D eigenvalue weighted by atomic mass is 16.5. The number of nitriles is 1. The highest BCUT2D eigenvalue weighted by Gasteiger charge is 2.24. The van der Waals surface area contributed by atoms with Gasteiger partial charge >= 0.3 is 0 Å². The zero-order valence-corrected chi connectivity index (χ0v) is 24.4. The van der Waals surface area contributed by atoms with Crippen LogP contribution in [0.4, 0.5) is 11.4 Å². The van der Waals surface area contributed by atoms with Crippen molar-refractivity contribution in [2.75, 3.05) is 11.5 Å². The lowest BCUT2D eigenvalue weighted by Crippen LogP contribution is -2.18. The average molecular weight is 554 g/mol. The molecule has 0 bridgehead atoms. The van der Waals surface area contributed by atoms with Crippen molar-refractivity contribution >= 4 is 11.4 Å². The molecular formula is C37H35N3O2. The Hall–Kier alpha value is -5.21. The lowest BCUT2D eigenvalue weighted by atomic mass is 9.78. The number of anilines is 2. The number of nitrogen functional groups attached to an aromatic ring is 2. The molecule has 5 nitrogen and oxygen atoms in total. The van der Waals surface area contributed by atoms with E-state index in [0.29, 0.717) is 28.6 Å². The van der Waals surface area contributed by atoms with Crippen molar-refractivity contribution in [3.63, 3.8) is 0 Å². The molecule has 0 fully saturated rings. The first-order valence-electron chi connectivity index (χ1n) is 13.9. The Bertz CT molecular complexity index is 1590. The molecule has 0 atom stereocenters. The molecule has 0 heterocycles. The molecular weight excluding hydrogens is 518 g/mol. The van der Waals surface area contributed by atoms with Gasteiger partial charge in [-0.15, -0.1) is 0 Å². The van der Waals surface area contributed by atoms with E-state index in [9.17, 15) is 5.26 Å². The maximum Gasteiger partial charge on any atom is 0.149 e. The van der Waals surface area contributed by atoms with Gasteiger partial charge in [0, 0.05) is 22.2 Å². The van der Waals surface area contributed by atoms with E-state index in [1.165, 1.54) is 11.1 Å². The summed E-state index contributed by atoms with van der Waals surface area (Å²) in [6.45, 7) is 8.70. The number of rotatable bonds is 8. The molecule has 0 aliphatic rings. The van der Waals surface area contributed by atoms with E-state index in [4.69, 9.17) is 20.9 Å². The van der Waals surface area contributed by atoms with Gasteiger partial charge in [-0.2, -0.15) is 5.26 Å². The molecule has 4 N–H and O–H groups in total. The van der Waals surface area contributed by atoms with Gasteiger partial charge in [-0.25, -0.2) is 0 Å². The topological polar surface area (TPSA) is 94.3 Å². The quantitative estimate of drug-likeness (QED) is 0.187. The highest BCUT2D eigenvalue weighted by molar-refractivity contribution is 5.56. The largest absolute Gasteiger partial charge is 0.456 e. The highest BCUT2D eigenvalue weighted by Crippen LogP contribution is 2.38. The van der Waals surface area contributed by atoms with Crippen LogP contribution in [0.1, 0.15) is 55.5 Å². The molecule has 0 aliphatic carbocycles. The molecule has 5 rings (SSSR count). The van der Waals surface area contributed by atoms with E-state index in [2.05, 4.69) is 58.0 Å². The fourth-order valence-electron chi connectivity index (χ4n) is 5.06. The number of ether oxygens (including phenoxy) is 2. The standard InChI is InChI=1S/C37H35N3O2/c1-36(2,25-8-16-29(39)17-9-25)27-12-20-31(21-13-27)41-34-6-5-7-35(33(34)24-38)42-32-22-14-28(15-23-32)37(3,4)26-10-18-30(40)19-11-26/h5-23H,39-40H2,1-4H3. The summed E-state index contributed by atoms with van der Waals surface area (Å²) in [5, 5.41) is 10.0. The van der Waals surface area contributed by atoms with Gasteiger partial charge in [0.25, 0.3) is 0 Å². The molecule has 5 heteroatoms. The molecule has 0 saturated heterocycles. The summed E-state index contributed by atoms with van der Waals surface area (Å²) in [5.74, 6) is 2.13. The predicted molar refractivity (Wildman–Crippen MR) is 170 cm³/mol. The second-order valence-corrected chi connectivity index (χ2v) is 11.5. The Balaban J connectivity index is 1.33. The van der Waals surface area contributed by atoms with Gasteiger partial charge in [0.1, 0.15) is 34.6 Å². The normalized spacial score (nSPS) is 11.5. The Morgan fingerprint density at radius 1 is 0.500 bits per heavy atom. The first-order valence-corrected chi connectivity index (χ1v) is 13.9. The van der Waals surface area contributed by atoms with E-state index in [0.717, 1.165) is 22.5 Å². The third-order valence-electron chi connectivity index (χ3n) is 7.97. The summed E-state index contributed by atoms with van der Waals surface area (Å²) < 4.78 is 12.3. The summed E-state index contributed by atoms with van der Waals surface area (Å²) >= 11 is 0. The molecule has 0 aliphatic heterocycles. The van der Waals surface area contributed by atoms with Gasteiger partial charge in [0.05, 0.1) is 0 Å². The van der Waals surface area contributed by atoms with Gasteiger partial charge in [0.2, 0.25) is 0 Å². The smallest absolute Gasteiger partial charge is 0.149 e. The van der Waals surface area contributed by atoms with Gasteiger partial charge in [0.15, 0.2) is 0 Å². The zero-order chi connectivity index (χ0) is 29.9. The van der Waals surface area contributed by atoms with E-state index >= 15 is 0 Å². The maximum absolute atomic E-state index is 10.0. The number of nitrogens with two attached hydrogens (primary N) is 2. The maximum atomic E-state index is 10.0. The van der Waals surface area contributed by atoms with Crippen LogP contribution in [0.2, 0.25) is 0 Å². The van der Waals surface area contributed by atoms with Crippen LogP contribution in [0.25, 0.3) is 0 Å². The van der Waals surface area contributed by atoms with Crippen LogP contribution in [0.5, 0.6) is 23.0 Å². The molecule has 0 aromatic heterocycles. The molecule has 5 aromatic rings. The van der Waals surface area contributed by atoms with Crippen LogP contribution in [-0.2, 0) is 10.8 Å². The van der Waals surface area contributed by atoms with Crippen LogP contribution in [0.3, 0.4) is 0 Å². The van der Waals surface area contributed by atoms with Crippen molar-refractivity contribution in [1.82, 2.24) is 0 Å². The SMILES string of the molecule is CC(C)(c1ccc(N)cc1)c1ccc(Oc2cccc(Oc3ccc(C(C)(C)c4ccc(N)cc4)cc3)c2C#N)cc1. The summed E-state index contributed by atoms with van der Waals surface area (Å²) in [5.41, 5.74) is 17.8. The van der Waals surface area contributed by atoms with Crippen LogP contribution in [-0.4, -0.2) is 0 Å². The summed E-state index contributed by atoms with van der Waals surface area (Å²) in [6.07, 6.45) is 0. The van der Waals surface area contributed by atoms with Gasteiger partial charge in [-0.05, 0) is 82.9 Å². The van der Waals surface area contributed by atoms with Crippen molar-refractivity contribution in [3.8, 4) is 29.1 Å². The van der Waals surface area contributed by atoms with Crippen LogP contribution in [0.15, 0.2) is 115 Å². The summed E-state index contributed by atoms with van der Waals surface area (Å²) in [4.78, 5) is 0. The average Bonchev–Trinajstić information content (AvgIpc) is 2.98. The van der Waals surface area contributed by atoms with Gasteiger partial charge in [-0.1, -0.05) is 82.3 Å². The number of hydrogen-bond donors (Lipinski definition) is 2. The Morgan fingerprint density at radius 3 is 1.12 bits per heavy atom. The second-order valence-electron chi connectivity index (χ2n) is 11.5. The van der Waals surface area contributed by atoms with Crippen molar-refractivity contribution < 1.29 is 9.47 Å². The second kappa shape index (κ2) is 11.3. The van der Waals surface area contributed by atoms with Crippen molar-refractivity contribution in [3.05, 3.63) is 143 Å². The van der Waals surface area contributed by atoms with Gasteiger partial charge < -0.3 is 20.9 Å². The molecule has 0 radical (unpaired) electrons. The van der Waals surface area contributed by atoms with Crippen molar-refractivity contribution in [2.45, 2.75) is 38.5 Å². The monoisotopic (exact) mass is 553 g/mol. The first kappa shape index (κ1) is 28.3. The van der Waals surface area contributed by atoms with Crippen molar-refractivity contribution in [2.24, 2.45) is 0 Å². The Morgan fingerprint density at radius 2 is 0.810 bits per heavy atom. The lowest BCUT2D eigenvalue weighted by molar-refractivity contribution is 0.457. The molecule has 0 unspecified atom stereocenters. The molecule has 210 valence electrons. The Labute approximate surface area is 248 Å². The molecule has 0 spiro atoms. The number of nitrogens with zero attached hydrogens (tertiary/aromatic N) is 1. The molecule has 42 heavy (non-hydrogen) atoms. The first-order chi connectivity index (χ1) is 20.1.